The number of aromatic nitrogens is 2. The molecule has 2 N–H and O–H groups in total. The average molecular weight is 211 g/mol. The second-order valence-corrected chi connectivity index (χ2v) is 3.63. The van der Waals surface area contributed by atoms with Crippen molar-refractivity contribution in [2.24, 2.45) is 5.73 Å². The van der Waals surface area contributed by atoms with E-state index in [0.29, 0.717) is 5.56 Å². The largest absolute Gasteiger partial charge is 0.366 e. The highest BCUT2D eigenvalue weighted by molar-refractivity contribution is 6.06. The summed E-state index contributed by atoms with van der Waals surface area (Å²) in [6, 6.07) is 9.40. The van der Waals surface area contributed by atoms with Crippen molar-refractivity contribution in [2.45, 2.75) is 0 Å². The van der Waals surface area contributed by atoms with Gasteiger partial charge in [0.2, 0.25) is 5.91 Å². The molecular formula is C12H9N3O. The van der Waals surface area contributed by atoms with E-state index in [1.165, 1.54) is 0 Å². The van der Waals surface area contributed by atoms with Crippen LogP contribution in [0.5, 0.6) is 0 Å². The fourth-order valence-corrected chi connectivity index (χ4v) is 1.95. The second kappa shape index (κ2) is 3.06. The van der Waals surface area contributed by atoms with Gasteiger partial charge < -0.3 is 5.73 Å². The summed E-state index contributed by atoms with van der Waals surface area (Å²) in [6.07, 6.45) is 3.43. The monoisotopic (exact) mass is 211 g/mol. The van der Waals surface area contributed by atoms with E-state index in [-0.39, 0.29) is 0 Å². The molecule has 4 nitrogen and oxygen atoms in total. The Labute approximate surface area is 91.3 Å². The van der Waals surface area contributed by atoms with Crippen LogP contribution >= 0.6 is 0 Å². The Kier molecular flexibility index (Phi) is 1.71. The third-order valence-corrected chi connectivity index (χ3v) is 2.68. The summed E-state index contributed by atoms with van der Waals surface area (Å²) < 4.78 is 1.93. The van der Waals surface area contributed by atoms with Gasteiger partial charge in [-0.25, -0.2) is 4.98 Å². The summed E-state index contributed by atoms with van der Waals surface area (Å²) in [7, 11) is 0. The van der Waals surface area contributed by atoms with Crippen LogP contribution in [0.3, 0.4) is 0 Å². The molecule has 0 fully saturated rings. The van der Waals surface area contributed by atoms with Gasteiger partial charge in [0.1, 0.15) is 0 Å². The molecule has 0 unspecified atom stereocenters. The van der Waals surface area contributed by atoms with Gasteiger partial charge in [0.25, 0.3) is 0 Å². The normalized spacial score (nSPS) is 11.0. The molecule has 78 valence electrons. The number of carbonyl (C=O) groups excluding carboxylic acids is 1. The molecule has 0 aliphatic heterocycles. The maximum Gasteiger partial charge on any atom is 0.249 e. The summed E-state index contributed by atoms with van der Waals surface area (Å²) in [6.45, 7) is 0. The molecule has 0 radical (unpaired) electrons. The summed E-state index contributed by atoms with van der Waals surface area (Å²) in [5.41, 5.74) is 7.71. The molecule has 0 bridgehead atoms. The predicted octanol–water partition coefficient (Wildman–Crippen LogP) is 1.59. The van der Waals surface area contributed by atoms with E-state index in [1.807, 2.05) is 28.7 Å². The lowest BCUT2D eigenvalue weighted by atomic mass is 10.1. The molecule has 3 aromatic rings. The Balaban J connectivity index is 2.60. The molecule has 1 amide bonds. The number of imidazole rings is 1. The molecule has 1 aromatic carbocycles. The van der Waals surface area contributed by atoms with E-state index < -0.39 is 5.91 Å². The fourth-order valence-electron chi connectivity index (χ4n) is 1.95. The number of para-hydroxylation sites is 1. The number of amides is 1. The van der Waals surface area contributed by atoms with Crippen LogP contribution in [-0.4, -0.2) is 15.3 Å². The molecule has 0 saturated carbocycles. The predicted molar refractivity (Wildman–Crippen MR) is 61.2 cm³/mol. The van der Waals surface area contributed by atoms with E-state index in [2.05, 4.69) is 4.98 Å². The molecule has 0 aliphatic rings. The minimum atomic E-state index is -0.417. The van der Waals surface area contributed by atoms with E-state index in [9.17, 15) is 4.79 Å². The minimum Gasteiger partial charge on any atom is -0.366 e. The number of carbonyl (C=O) groups is 1. The number of hydrogen-bond donors (Lipinski definition) is 1. The van der Waals surface area contributed by atoms with Gasteiger partial charge in [-0.2, -0.15) is 0 Å². The summed E-state index contributed by atoms with van der Waals surface area (Å²) in [5.74, 6) is -0.417. The zero-order valence-corrected chi connectivity index (χ0v) is 8.42. The van der Waals surface area contributed by atoms with Crippen LogP contribution in [0.25, 0.3) is 16.4 Å². The van der Waals surface area contributed by atoms with E-state index in [4.69, 9.17) is 5.73 Å². The first-order valence-corrected chi connectivity index (χ1v) is 4.91. The number of nitrogens with two attached hydrogens (primary N) is 1. The lowest BCUT2D eigenvalue weighted by Crippen LogP contribution is -2.12. The third-order valence-electron chi connectivity index (χ3n) is 2.68. The maximum absolute atomic E-state index is 11.4. The standard InChI is InChI=1S/C12H9N3O/c13-12(16)10-5-8-6-14-7-15(8)11-4-2-1-3-9(10)11/h1-7H,(H2,13,16). The molecule has 16 heavy (non-hydrogen) atoms. The molecule has 0 spiro atoms. The first-order chi connectivity index (χ1) is 7.77. The quantitative estimate of drug-likeness (QED) is 0.664. The van der Waals surface area contributed by atoms with Gasteiger partial charge in [-0.05, 0) is 12.1 Å². The zero-order valence-electron chi connectivity index (χ0n) is 8.42. The number of hydrogen-bond acceptors (Lipinski definition) is 2. The Hall–Kier alpha value is -2.36. The van der Waals surface area contributed by atoms with Crippen molar-refractivity contribution in [3.63, 3.8) is 0 Å². The number of primary amides is 1. The van der Waals surface area contributed by atoms with Gasteiger partial charge in [0.15, 0.2) is 0 Å². The van der Waals surface area contributed by atoms with Gasteiger partial charge in [-0.3, -0.25) is 9.20 Å². The Bertz CT molecular complexity index is 700. The van der Waals surface area contributed by atoms with Crippen LogP contribution in [0.2, 0.25) is 0 Å². The molecule has 0 atom stereocenters. The van der Waals surface area contributed by atoms with Crippen LogP contribution in [0.1, 0.15) is 10.4 Å². The molecule has 0 aliphatic carbocycles. The highest BCUT2D eigenvalue weighted by Gasteiger charge is 2.09. The van der Waals surface area contributed by atoms with Gasteiger partial charge in [-0.1, -0.05) is 18.2 Å². The maximum atomic E-state index is 11.4. The topological polar surface area (TPSA) is 60.4 Å². The zero-order chi connectivity index (χ0) is 11.1. The lowest BCUT2D eigenvalue weighted by Gasteiger charge is -2.06. The first kappa shape index (κ1) is 8.91. The van der Waals surface area contributed by atoms with Crippen LogP contribution in [-0.2, 0) is 0 Å². The molecule has 2 heterocycles. The van der Waals surface area contributed by atoms with Gasteiger partial charge in [0.05, 0.1) is 29.1 Å². The van der Waals surface area contributed by atoms with Crippen LogP contribution < -0.4 is 5.73 Å². The Morgan fingerprint density at radius 3 is 2.94 bits per heavy atom. The number of rotatable bonds is 1. The van der Waals surface area contributed by atoms with E-state index in [0.717, 1.165) is 16.4 Å². The molecular weight excluding hydrogens is 202 g/mol. The smallest absolute Gasteiger partial charge is 0.249 e. The average Bonchev–Trinajstić information content (AvgIpc) is 2.75. The van der Waals surface area contributed by atoms with Crippen LogP contribution in [0, 0.1) is 0 Å². The van der Waals surface area contributed by atoms with Crippen molar-refractivity contribution in [2.75, 3.05) is 0 Å². The summed E-state index contributed by atoms with van der Waals surface area (Å²) >= 11 is 0. The SMILES string of the molecule is NC(=O)c1cc2cncn2c2ccccc12. The van der Waals surface area contributed by atoms with Crippen molar-refractivity contribution < 1.29 is 4.79 Å². The molecule has 2 aromatic heterocycles. The number of pyridine rings is 1. The van der Waals surface area contributed by atoms with Crippen LogP contribution in [0.15, 0.2) is 42.9 Å². The number of fused-ring (bicyclic) bond motifs is 3. The first-order valence-electron chi connectivity index (χ1n) is 4.91. The fraction of sp³-hybridized carbons (Fsp3) is 0. The van der Waals surface area contributed by atoms with Crippen molar-refractivity contribution in [3.8, 4) is 0 Å². The van der Waals surface area contributed by atoms with Gasteiger partial charge in [0, 0.05) is 5.39 Å². The summed E-state index contributed by atoms with van der Waals surface area (Å²) in [5, 5.41) is 0.848. The van der Waals surface area contributed by atoms with E-state index >= 15 is 0 Å². The summed E-state index contributed by atoms with van der Waals surface area (Å²) in [4.78, 5) is 15.4. The van der Waals surface area contributed by atoms with Crippen molar-refractivity contribution in [1.82, 2.24) is 9.38 Å². The van der Waals surface area contributed by atoms with Gasteiger partial charge >= 0.3 is 0 Å². The Morgan fingerprint density at radius 1 is 1.31 bits per heavy atom. The molecule has 4 heteroatoms. The van der Waals surface area contributed by atoms with Crippen molar-refractivity contribution >= 4 is 22.3 Å². The highest BCUT2D eigenvalue weighted by Crippen LogP contribution is 2.21. The van der Waals surface area contributed by atoms with Gasteiger partial charge in [-0.15, -0.1) is 0 Å². The third kappa shape index (κ3) is 1.10. The molecule has 3 rings (SSSR count). The number of nitrogens with zero attached hydrogens (tertiary/aromatic N) is 2. The molecule has 0 saturated heterocycles. The highest BCUT2D eigenvalue weighted by atomic mass is 16.1. The lowest BCUT2D eigenvalue weighted by molar-refractivity contribution is 0.100. The number of benzene rings is 1. The van der Waals surface area contributed by atoms with E-state index in [1.54, 1.807) is 18.6 Å². The van der Waals surface area contributed by atoms with Crippen LogP contribution in [0.4, 0.5) is 0 Å². The van der Waals surface area contributed by atoms with Crippen molar-refractivity contribution in [1.29, 1.82) is 0 Å². The minimum absolute atomic E-state index is 0.417. The Morgan fingerprint density at radius 2 is 2.12 bits per heavy atom. The second-order valence-electron chi connectivity index (χ2n) is 3.63. The van der Waals surface area contributed by atoms with Crippen molar-refractivity contribution in [3.05, 3.63) is 48.4 Å².